The fraction of sp³-hybridized carbons (Fsp3) is 0.263. The summed E-state index contributed by atoms with van der Waals surface area (Å²) in [7, 11) is -3.61. The first-order valence-corrected chi connectivity index (χ1v) is 10.3. The first kappa shape index (κ1) is 18.6. The Morgan fingerprint density at radius 3 is 2.79 bits per heavy atom. The van der Waals surface area contributed by atoms with Crippen LogP contribution in [0.5, 0.6) is 0 Å². The molecule has 1 aliphatic heterocycles. The molecule has 0 aliphatic carbocycles. The van der Waals surface area contributed by atoms with Gasteiger partial charge in [0.25, 0.3) is 0 Å². The molecule has 1 aliphatic rings. The van der Waals surface area contributed by atoms with Crippen molar-refractivity contribution in [2.45, 2.75) is 24.5 Å². The van der Waals surface area contributed by atoms with E-state index in [0.29, 0.717) is 18.9 Å². The summed E-state index contributed by atoms with van der Waals surface area (Å²) in [4.78, 5) is 16.1. The molecule has 2 N–H and O–H groups in total. The van der Waals surface area contributed by atoms with Crippen LogP contribution in [-0.2, 0) is 26.2 Å². The molecule has 0 spiro atoms. The van der Waals surface area contributed by atoms with Crippen LogP contribution in [0.4, 0.5) is 5.69 Å². The van der Waals surface area contributed by atoms with Crippen molar-refractivity contribution in [1.29, 1.82) is 0 Å². The highest BCUT2D eigenvalue weighted by Gasteiger charge is 2.26. The molecule has 146 valence electrons. The van der Waals surface area contributed by atoms with Crippen molar-refractivity contribution >= 4 is 32.7 Å². The first-order valence-electron chi connectivity index (χ1n) is 8.85. The van der Waals surface area contributed by atoms with E-state index in [4.69, 9.17) is 4.74 Å². The number of carbonyl (C=O) groups excluding carboxylic acids is 1. The van der Waals surface area contributed by atoms with E-state index in [-0.39, 0.29) is 23.4 Å². The van der Waals surface area contributed by atoms with Gasteiger partial charge in [-0.15, -0.1) is 0 Å². The lowest BCUT2D eigenvalue weighted by Gasteiger charge is -2.26. The smallest absolute Gasteiger partial charge is 0.240 e. The minimum absolute atomic E-state index is 0.153. The average molecular weight is 400 g/mol. The summed E-state index contributed by atoms with van der Waals surface area (Å²) < 4.78 is 35.3. The highest BCUT2D eigenvalue weighted by atomic mass is 32.2. The van der Waals surface area contributed by atoms with E-state index in [0.717, 1.165) is 16.9 Å². The second-order valence-electron chi connectivity index (χ2n) is 6.62. The number of ether oxygens (including phenoxy) is 1. The molecule has 2 heterocycles. The number of fused-ring (bicyclic) bond motifs is 3. The summed E-state index contributed by atoms with van der Waals surface area (Å²) in [5.41, 5.74) is 2.26. The number of rotatable bonds is 5. The molecular weight excluding hydrogens is 380 g/mol. The highest BCUT2D eigenvalue weighted by molar-refractivity contribution is 7.89. The zero-order chi connectivity index (χ0) is 19.7. The van der Waals surface area contributed by atoms with Crippen LogP contribution in [0.2, 0.25) is 0 Å². The molecular formula is C19H20N4O4S. The normalized spacial score (nSPS) is 16.7. The van der Waals surface area contributed by atoms with Crippen LogP contribution in [0.15, 0.2) is 53.4 Å². The van der Waals surface area contributed by atoms with E-state index in [1.807, 2.05) is 10.6 Å². The van der Waals surface area contributed by atoms with Crippen LogP contribution in [0, 0.1) is 0 Å². The van der Waals surface area contributed by atoms with Crippen molar-refractivity contribution in [1.82, 2.24) is 14.3 Å². The minimum Gasteiger partial charge on any atom is -0.371 e. The van der Waals surface area contributed by atoms with E-state index in [2.05, 4.69) is 15.0 Å². The van der Waals surface area contributed by atoms with E-state index in [9.17, 15) is 13.2 Å². The third-order valence-corrected chi connectivity index (χ3v) is 5.99. The SMILES string of the molecule is CC(=O)Nc1ccc2c(c1)nc1n2[C@@H](CNS(=O)(=O)c2ccccc2)COC1. The van der Waals surface area contributed by atoms with Crippen molar-refractivity contribution in [2.24, 2.45) is 0 Å². The monoisotopic (exact) mass is 400 g/mol. The van der Waals surface area contributed by atoms with Crippen molar-refractivity contribution in [2.75, 3.05) is 18.5 Å². The van der Waals surface area contributed by atoms with Gasteiger partial charge >= 0.3 is 0 Å². The lowest BCUT2D eigenvalue weighted by molar-refractivity contribution is -0.114. The summed E-state index contributed by atoms with van der Waals surface area (Å²) in [5.74, 6) is 0.574. The van der Waals surface area contributed by atoms with Crippen LogP contribution in [-0.4, -0.2) is 37.0 Å². The second kappa shape index (κ2) is 7.34. The molecule has 2 aromatic carbocycles. The van der Waals surface area contributed by atoms with Gasteiger partial charge in [0.05, 0.1) is 28.6 Å². The molecule has 1 atom stereocenters. The van der Waals surface area contributed by atoms with Crippen LogP contribution in [0.3, 0.4) is 0 Å². The molecule has 0 saturated carbocycles. The number of aromatic nitrogens is 2. The zero-order valence-electron chi connectivity index (χ0n) is 15.3. The number of sulfonamides is 1. The Hall–Kier alpha value is -2.75. The van der Waals surface area contributed by atoms with Gasteiger partial charge in [-0.2, -0.15) is 0 Å². The fourth-order valence-electron chi connectivity index (χ4n) is 3.34. The number of hydrogen-bond acceptors (Lipinski definition) is 5. The van der Waals surface area contributed by atoms with E-state index in [1.165, 1.54) is 6.92 Å². The molecule has 0 bridgehead atoms. The summed E-state index contributed by atoms with van der Waals surface area (Å²) in [6.07, 6.45) is 0. The average Bonchev–Trinajstić information content (AvgIpc) is 3.05. The second-order valence-corrected chi connectivity index (χ2v) is 8.38. The predicted octanol–water partition coefficient (Wildman–Crippen LogP) is 2.04. The van der Waals surface area contributed by atoms with E-state index >= 15 is 0 Å². The van der Waals surface area contributed by atoms with Crippen LogP contribution >= 0.6 is 0 Å². The van der Waals surface area contributed by atoms with Gasteiger partial charge in [0.15, 0.2) is 0 Å². The van der Waals surface area contributed by atoms with Gasteiger partial charge in [-0.25, -0.2) is 18.1 Å². The Labute approximate surface area is 162 Å². The standard InChI is InChI=1S/C19H20N4O4S/c1-13(24)21-14-7-8-18-17(9-14)22-19-12-27-11-15(23(18)19)10-20-28(25,26)16-5-3-2-4-6-16/h2-9,15,20H,10-12H2,1H3,(H,21,24)/t15-/m0/s1. The maximum absolute atomic E-state index is 12.5. The largest absolute Gasteiger partial charge is 0.371 e. The van der Waals surface area contributed by atoms with Crippen molar-refractivity contribution in [3.8, 4) is 0 Å². The Morgan fingerprint density at radius 1 is 1.25 bits per heavy atom. The summed E-state index contributed by atoms with van der Waals surface area (Å²) in [6.45, 7) is 2.36. The summed E-state index contributed by atoms with van der Waals surface area (Å²) >= 11 is 0. The Kier molecular flexibility index (Phi) is 4.88. The van der Waals surface area contributed by atoms with Gasteiger partial charge < -0.3 is 14.6 Å². The van der Waals surface area contributed by atoms with Gasteiger partial charge in [0.2, 0.25) is 15.9 Å². The summed E-state index contributed by atoms with van der Waals surface area (Å²) in [5, 5.41) is 2.74. The maximum Gasteiger partial charge on any atom is 0.240 e. The third kappa shape index (κ3) is 3.64. The topological polar surface area (TPSA) is 102 Å². The number of imidazole rings is 1. The Morgan fingerprint density at radius 2 is 2.04 bits per heavy atom. The third-order valence-electron chi connectivity index (χ3n) is 4.55. The lowest BCUT2D eigenvalue weighted by Crippen LogP contribution is -2.35. The molecule has 0 radical (unpaired) electrons. The van der Waals surface area contributed by atoms with Crippen molar-refractivity contribution in [3.63, 3.8) is 0 Å². The number of amides is 1. The molecule has 4 rings (SSSR count). The van der Waals surface area contributed by atoms with Gasteiger partial charge in [0, 0.05) is 19.2 Å². The molecule has 1 amide bonds. The number of benzene rings is 2. The zero-order valence-corrected chi connectivity index (χ0v) is 16.1. The highest BCUT2D eigenvalue weighted by Crippen LogP contribution is 2.28. The molecule has 3 aromatic rings. The molecule has 28 heavy (non-hydrogen) atoms. The number of nitrogens with one attached hydrogen (secondary N) is 2. The lowest BCUT2D eigenvalue weighted by atomic mass is 10.2. The van der Waals surface area contributed by atoms with Crippen LogP contribution < -0.4 is 10.0 Å². The number of carbonyl (C=O) groups is 1. The van der Waals surface area contributed by atoms with Gasteiger partial charge in [-0.3, -0.25) is 4.79 Å². The number of nitrogens with zero attached hydrogens (tertiary/aromatic N) is 2. The van der Waals surface area contributed by atoms with Gasteiger partial charge in [-0.1, -0.05) is 18.2 Å². The molecule has 8 nitrogen and oxygen atoms in total. The van der Waals surface area contributed by atoms with Gasteiger partial charge in [-0.05, 0) is 30.3 Å². The fourth-order valence-corrected chi connectivity index (χ4v) is 4.43. The van der Waals surface area contributed by atoms with E-state index in [1.54, 1.807) is 42.5 Å². The molecule has 9 heteroatoms. The van der Waals surface area contributed by atoms with Crippen LogP contribution in [0.1, 0.15) is 18.8 Å². The number of hydrogen-bond donors (Lipinski definition) is 2. The molecule has 0 unspecified atom stereocenters. The predicted molar refractivity (Wildman–Crippen MR) is 104 cm³/mol. The van der Waals surface area contributed by atoms with E-state index < -0.39 is 10.0 Å². The Bertz CT molecular complexity index is 1130. The quantitative estimate of drug-likeness (QED) is 0.682. The minimum atomic E-state index is -3.61. The first-order chi connectivity index (χ1) is 13.4. The van der Waals surface area contributed by atoms with Gasteiger partial charge in [0.1, 0.15) is 12.4 Å². The molecule has 0 saturated heterocycles. The van der Waals surface area contributed by atoms with Crippen molar-refractivity contribution in [3.05, 3.63) is 54.4 Å². The number of anilines is 1. The van der Waals surface area contributed by atoms with Crippen LogP contribution in [0.25, 0.3) is 11.0 Å². The molecule has 1 aromatic heterocycles. The molecule has 0 fully saturated rings. The van der Waals surface area contributed by atoms with Crippen molar-refractivity contribution < 1.29 is 17.9 Å². The summed E-state index contributed by atoms with van der Waals surface area (Å²) in [6, 6.07) is 13.5. The Balaban J connectivity index is 1.60. The maximum atomic E-state index is 12.5.